The van der Waals surface area contributed by atoms with E-state index in [0.717, 1.165) is 22.1 Å². The third kappa shape index (κ3) is 3.43. The zero-order valence-electron chi connectivity index (χ0n) is 14.6. The van der Waals surface area contributed by atoms with Gasteiger partial charge in [0.2, 0.25) is 5.82 Å². The summed E-state index contributed by atoms with van der Waals surface area (Å²) in [5.74, 6) is 0.301. The minimum Gasteiger partial charge on any atom is -0.493 e. The molecule has 1 aliphatic rings. The average Bonchev–Trinajstić information content (AvgIpc) is 2.89. The van der Waals surface area contributed by atoms with Crippen molar-refractivity contribution >= 4 is 12.2 Å². The third-order valence-corrected chi connectivity index (χ3v) is 4.91. The molecule has 0 spiro atoms. The number of alkyl halides is 3. The van der Waals surface area contributed by atoms with Gasteiger partial charge in [0.15, 0.2) is 16.3 Å². The van der Waals surface area contributed by atoms with E-state index in [9.17, 15) is 13.2 Å². The lowest BCUT2D eigenvalue weighted by atomic mass is 9.99. The van der Waals surface area contributed by atoms with Gasteiger partial charge in [-0.1, -0.05) is 0 Å². The van der Waals surface area contributed by atoms with Gasteiger partial charge < -0.3 is 9.47 Å². The molecule has 2 heterocycles. The highest BCUT2D eigenvalue weighted by Crippen LogP contribution is 2.33. The van der Waals surface area contributed by atoms with Gasteiger partial charge in [-0.15, -0.1) is 5.10 Å². The Balaban J connectivity index is 1.83. The molecule has 0 aliphatic carbocycles. The molecule has 0 saturated carbocycles. The Hall–Kier alpha value is -2.07. The van der Waals surface area contributed by atoms with E-state index in [4.69, 9.17) is 21.7 Å². The minimum atomic E-state index is -4.54. The summed E-state index contributed by atoms with van der Waals surface area (Å²) in [6, 6.07) is 3.85. The second kappa shape index (κ2) is 6.92. The van der Waals surface area contributed by atoms with E-state index in [1.165, 1.54) is 11.7 Å². The number of methoxy groups -OCH3 is 2. The van der Waals surface area contributed by atoms with Crippen LogP contribution in [0.5, 0.6) is 11.5 Å². The zero-order chi connectivity index (χ0) is 19.1. The number of hydrogen-bond acceptors (Lipinski definition) is 5. The molecule has 142 valence electrons. The van der Waals surface area contributed by atoms with Crippen molar-refractivity contribution in [2.45, 2.75) is 25.8 Å². The van der Waals surface area contributed by atoms with Crippen LogP contribution in [0.3, 0.4) is 0 Å². The van der Waals surface area contributed by atoms with Crippen LogP contribution in [-0.4, -0.2) is 40.0 Å². The van der Waals surface area contributed by atoms with Crippen LogP contribution in [0.4, 0.5) is 13.2 Å². The molecule has 0 N–H and O–H groups in total. The molecule has 0 saturated heterocycles. The van der Waals surface area contributed by atoms with E-state index in [2.05, 4.69) is 5.10 Å². The Bertz CT molecular complexity index is 876. The Morgan fingerprint density at radius 2 is 1.77 bits per heavy atom. The number of ether oxygens (including phenoxy) is 2. The molecule has 0 atom stereocenters. The lowest BCUT2D eigenvalue weighted by molar-refractivity contribution is -0.147. The molecule has 2 aromatic rings. The second-order valence-corrected chi connectivity index (χ2v) is 6.45. The maximum Gasteiger partial charge on any atom is 0.451 e. The fraction of sp³-hybridized carbons (Fsp3) is 0.500. The molecule has 1 aromatic heterocycles. The van der Waals surface area contributed by atoms with Gasteiger partial charge in [0.25, 0.3) is 0 Å². The first kappa shape index (κ1) is 18.7. The van der Waals surface area contributed by atoms with Gasteiger partial charge in [-0.25, -0.2) is 4.68 Å². The first-order chi connectivity index (χ1) is 12.2. The van der Waals surface area contributed by atoms with Crippen molar-refractivity contribution < 1.29 is 22.6 Å². The SMILES string of the molecule is COc1cc2c(cc1OC)CN(Cn1nc(C(F)(F)F)n(C)c1=S)CC2. The van der Waals surface area contributed by atoms with Crippen LogP contribution < -0.4 is 9.47 Å². The molecular formula is C16H19F3N4O2S. The Morgan fingerprint density at radius 3 is 2.31 bits per heavy atom. The third-order valence-electron chi connectivity index (χ3n) is 4.43. The second-order valence-electron chi connectivity index (χ2n) is 6.08. The molecule has 0 bridgehead atoms. The molecule has 0 unspecified atom stereocenters. The molecule has 0 amide bonds. The monoisotopic (exact) mass is 388 g/mol. The van der Waals surface area contributed by atoms with Crippen molar-refractivity contribution in [1.29, 1.82) is 0 Å². The van der Waals surface area contributed by atoms with E-state index in [-0.39, 0.29) is 11.4 Å². The summed E-state index contributed by atoms with van der Waals surface area (Å²) in [5.41, 5.74) is 2.19. The van der Waals surface area contributed by atoms with Crippen LogP contribution in [0.2, 0.25) is 0 Å². The fourth-order valence-electron chi connectivity index (χ4n) is 3.08. The summed E-state index contributed by atoms with van der Waals surface area (Å²) >= 11 is 5.10. The smallest absolute Gasteiger partial charge is 0.451 e. The Labute approximate surface area is 153 Å². The molecule has 1 aliphatic heterocycles. The summed E-state index contributed by atoms with van der Waals surface area (Å²) in [7, 11) is 4.43. The van der Waals surface area contributed by atoms with Gasteiger partial charge in [-0.2, -0.15) is 13.2 Å². The van der Waals surface area contributed by atoms with Crippen molar-refractivity contribution in [2.24, 2.45) is 7.05 Å². The van der Waals surface area contributed by atoms with E-state index >= 15 is 0 Å². The Kier molecular flexibility index (Phi) is 4.98. The van der Waals surface area contributed by atoms with Gasteiger partial charge in [-0.05, 0) is 41.9 Å². The highest BCUT2D eigenvalue weighted by Gasteiger charge is 2.37. The summed E-state index contributed by atoms with van der Waals surface area (Å²) in [6.45, 7) is 1.44. The van der Waals surface area contributed by atoms with Crippen LogP contribution >= 0.6 is 12.2 Å². The number of benzene rings is 1. The molecule has 10 heteroatoms. The van der Waals surface area contributed by atoms with Crippen LogP contribution in [-0.2, 0) is 32.9 Å². The summed E-state index contributed by atoms with van der Waals surface area (Å²) in [6.07, 6.45) is -3.78. The molecule has 0 radical (unpaired) electrons. The van der Waals surface area contributed by atoms with E-state index in [1.54, 1.807) is 14.2 Å². The number of fused-ring (bicyclic) bond motifs is 1. The number of hydrogen-bond donors (Lipinski definition) is 0. The number of rotatable bonds is 4. The number of halogens is 3. The molecule has 0 fully saturated rings. The predicted octanol–water partition coefficient (Wildman–Crippen LogP) is 3.00. The van der Waals surface area contributed by atoms with Crippen LogP contribution in [0.25, 0.3) is 0 Å². The summed E-state index contributed by atoms with van der Waals surface area (Å²) in [5, 5.41) is 3.66. The van der Waals surface area contributed by atoms with Crippen molar-refractivity contribution in [2.75, 3.05) is 20.8 Å². The number of nitrogens with zero attached hydrogens (tertiary/aromatic N) is 4. The average molecular weight is 388 g/mol. The normalized spacial score (nSPS) is 15.0. The first-order valence-electron chi connectivity index (χ1n) is 7.91. The van der Waals surface area contributed by atoms with Gasteiger partial charge in [-0.3, -0.25) is 9.47 Å². The molecule has 3 rings (SSSR count). The minimum absolute atomic E-state index is 0.0374. The quantitative estimate of drug-likeness (QED) is 0.754. The van der Waals surface area contributed by atoms with Crippen molar-refractivity contribution in [3.8, 4) is 11.5 Å². The van der Waals surface area contributed by atoms with E-state index in [0.29, 0.717) is 24.6 Å². The topological polar surface area (TPSA) is 44.5 Å². The zero-order valence-corrected chi connectivity index (χ0v) is 15.4. The maximum absolute atomic E-state index is 13.0. The van der Waals surface area contributed by atoms with Gasteiger partial charge in [0, 0.05) is 20.1 Å². The van der Waals surface area contributed by atoms with Gasteiger partial charge in [0.05, 0.1) is 20.9 Å². The molecular weight excluding hydrogens is 369 g/mol. The van der Waals surface area contributed by atoms with Crippen molar-refractivity contribution in [1.82, 2.24) is 19.2 Å². The first-order valence-corrected chi connectivity index (χ1v) is 8.32. The Morgan fingerprint density at radius 1 is 1.15 bits per heavy atom. The lowest BCUT2D eigenvalue weighted by Crippen LogP contribution is -2.33. The molecule has 6 nitrogen and oxygen atoms in total. The van der Waals surface area contributed by atoms with Crippen molar-refractivity contribution in [3.63, 3.8) is 0 Å². The van der Waals surface area contributed by atoms with Crippen LogP contribution in [0, 0.1) is 4.77 Å². The van der Waals surface area contributed by atoms with Crippen LogP contribution in [0.15, 0.2) is 12.1 Å². The van der Waals surface area contributed by atoms with Crippen LogP contribution in [0.1, 0.15) is 17.0 Å². The standard InChI is InChI=1S/C16H19F3N4O2S/c1-21-14(16(17,18)19)20-23(15(21)26)9-22-5-4-10-6-12(24-2)13(25-3)7-11(10)8-22/h6-7H,4-5,8-9H2,1-3H3. The largest absolute Gasteiger partial charge is 0.493 e. The van der Waals surface area contributed by atoms with Crippen molar-refractivity contribution in [3.05, 3.63) is 33.9 Å². The fourth-order valence-corrected chi connectivity index (χ4v) is 3.26. The number of aromatic nitrogens is 3. The maximum atomic E-state index is 13.0. The lowest BCUT2D eigenvalue weighted by Gasteiger charge is -2.29. The predicted molar refractivity (Wildman–Crippen MR) is 90.7 cm³/mol. The summed E-state index contributed by atoms with van der Waals surface area (Å²) < 4.78 is 51.7. The highest BCUT2D eigenvalue weighted by molar-refractivity contribution is 7.71. The van der Waals surface area contributed by atoms with E-state index in [1.807, 2.05) is 17.0 Å². The van der Waals surface area contributed by atoms with Gasteiger partial charge in [0.1, 0.15) is 0 Å². The van der Waals surface area contributed by atoms with E-state index < -0.39 is 12.0 Å². The molecule has 1 aromatic carbocycles. The summed E-state index contributed by atoms with van der Waals surface area (Å²) in [4.78, 5) is 2.00. The van der Waals surface area contributed by atoms with Gasteiger partial charge >= 0.3 is 6.18 Å². The highest BCUT2D eigenvalue weighted by atomic mass is 32.1. The molecule has 26 heavy (non-hydrogen) atoms.